The second kappa shape index (κ2) is 3.69. The third-order valence-corrected chi connectivity index (χ3v) is 2.01. The van der Waals surface area contributed by atoms with Gasteiger partial charge >= 0.3 is 5.97 Å². The van der Waals surface area contributed by atoms with Gasteiger partial charge in [0.1, 0.15) is 0 Å². The SMILES string of the molecule is CC(=O)n1nc(C(=O)O)cc1CBr. The van der Waals surface area contributed by atoms with Crippen LogP contribution in [0, 0.1) is 0 Å². The number of alkyl halides is 1. The van der Waals surface area contributed by atoms with E-state index in [9.17, 15) is 9.59 Å². The average Bonchev–Trinajstić information content (AvgIpc) is 2.47. The summed E-state index contributed by atoms with van der Waals surface area (Å²) in [5, 5.41) is 12.6. The first kappa shape index (κ1) is 9.91. The zero-order valence-corrected chi connectivity index (χ0v) is 8.41. The Balaban J connectivity index is 3.19. The molecule has 13 heavy (non-hydrogen) atoms. The fraction of sp³-hybridized carbons (Fsp3) is 0.286. The van der Waals surface area contributed by atoms with Gasteiger partial charge in [-0.1, -0.05) is 15.9 Å². The van der Waals surface area contributed by atoms with Crippen molar-refractivity contribution in [1.82, 2.24) is 9.78 Å². The highest BCUT2D eigenvalue weighted by molar-refractivity contribution is 9.08. The van der Waals surface area contributed by atoms with Gasteiger partial charge < -0.3 is 5.11 Å². The summed E-state index contributed by atoms with van der Waals surface area (Å²) in [5.74, 6) is -1.44. The Morgan fingerprint density at radius 1 is 1.69 bits per heavy atom. The molecule has 0 aliphatic heterocycles. The van der Waals surface area contributed by atoms with Crippen molar-refractivity contribution in [2.24, 2.45) is 0 Å². The lowest BCUT2D eigenvalue weighted by Gasteiger charge is -1.96. The third-order valence-electron chi connectivity index (χ3n) is 1.44. The molecule has 0 unspecified atom stereocenters. The van der Waals surface area contributed by atoms with Gasteiger partial charge in [-0.3, -0.25) is 4.79 Å². The molecule has 0 spiro atoms. The summed E-state index contributed by atoms with van der Waals surface area (Å²) >= 11 is 3.13. The number of carboxylic acids is 1. The number of carboxylic acid groups (broad SMARTS) is 1. The first-order chi connectivity index (χ1) is 6.06. The van der Waals surface area contributed by atoms with Crippen LogP contribution in [0.1, 0.15) is 27.9 Å². The topological polar surface area (TPSA) is 72.2 Å². The van der Waals surface area contributed by atoms with E-state index in [0.29, 0.717) is 11.0 Å². The smallest absolute Gasteiger partial charge is 0.356 e. The van der Waals surface area contributed by atoms with Crippen molar-refractivity contribution < 1.29 is 14.7 Å². The van der Waals surface area contributed by atoms with Gasteiger partial charge in [0.05, 0.1) is 5.69 Å². The molecule has 70 valence electrons. The van der Waals surface area contributed by atoms with Crippen molar-refractivity contribution >= 4 is 27.8 Å². The molecule has 1 aromatic rings. The minimum atomic E-state index is -1.14. The Morgan fingerprint density at radius 2 is 2.31 bits per heavy atom. The van der Waals surface area contributed by atoms with Gasteiger partial charge in [0, 0.05) is 12.3 Å². The van der Waals surface area contributed by atoms with E-state index in [2.05, 4.69) is 21.0 Å². The molecule has 0 aliphatic rings. The highest BCUT2D eigenvalue weighted by atomic mass is 79.9. The normalized spacial score (nSPS) is 10.0. The number of rotatable bonds is 2. The molecule has 1 aromatic heterocycles. The Hall–Kier alpha value is -1.17. The van der Waals surface area contributed by atoms with E-state index < -0.39 is 5.97 Å². The Bertz CT molecular complexity index is 359. The van der Waals surface area contributed by atoms with Crippen molar-refractivity contribution in [1.29, 1.82) is 0 Å². The number of nitrogens with zero attached hydrogens (tertiary/aromatic N) is 2. The Kier molecular flexibility index (Phi) is 2.82. The minimum Gasteiger partial charge on any atom is -0.476 e. The van der Waals surface area contributed by atoms with Crippen molar-refractivity contribution in [3.05, 3.63) is 17.5 Å². The van der Waals surface area contributed by atoms with Crippen molar-refractivity contribution in [2.45, 2.75) is 12.3 Å². The molecule has 0 saturated heterocycles. The van der Waals surface area contributed by atoms with E-state index in [4.69, 9.17) is 5.11 Å². The number of hydrogen-bond acceptors (Lipinski definition) is 3. The van der Waals surface area contributed by atoms with Crippen molar-refractivity contribution in [3.8, 4) is 0 Å². The molecule has 0 fully saturated rings. The molecule has 6 heteroatoms. The van der Waals surface area contributed by atoms with Crippen LogP contribution in [0.5, 0.6) is 0 Å². The van der Waals surface area contributed by atoms with E-state index in [1.807, 2.05) is 0 Å². The maximum atomic E-state index is 10.9. The summed E-state index contributed by atoms with van der Waals surface area (Å²) in [6.45, 7) is 1.32. The van der Waals surface area contributed by atoms with Gasteiger partial charge in [0.2, 0.25) is 5.91 Å². The molecule has 1 heterocycles. The van der Waals surface area contributed by atoms with Gasteiger partial charge in [-0.05, 0) is 6.07 Å². The first-order valence-electron chi connectivity index (χ1n) is 3.45. The number of carbonyl (C=O) groups is 2. The lowest BCUT2D eigenvalue weighted by atomic mass is 10.4. The van der Waals surface area contributed by atoms with E-state index in [1.165, 1.54) is 13.0 Å². The first-order valence-corrected chi connectivity index (χ1v) is 4.57. The fourth-order valence-electron chi connectivity index (χ4n) is 0.892. The lowest BCUT2D eigenvalue weighted by molar-refractivity contribution is 0.0689. The summed E-state index contributed by atoms with van der Waals surface area (Å²) in [6, 6.07) is 1.36. The predicted molar refractivity (Wildman–Crippen MR) is 48.1 cm³/mol. The summed E-state index contributed by atoms with van der Waals surface area (Å²) in [7, 11) is 0. The van der Waals surface area contributed by atoms with Crippen LogP contribution in [-0.4, -0.2) is 26.8 Å². The highest BCUT2D eigenvalue weighted by Crippen LogP contribution is 2.08. The second-order valence-electron chi connectivity index (χ2n) is 2.39. The van der Waals surface area contributed by atoms with Gasteiger partial charge in [-0.2, -0.15) is 5.10 Å². The zero-order chi connectivity index (χ0) is 10.0. The number of aromatic nitrogens is 2. The van der Waals surface area contributed by atoms with E-state index in [1.54, 1.807) is 0 Å². The van der Waals surface area contributed by atoms with E-state index in [0.717, 1.165) is 4.68 Å². The van der Waals surface area contributed by atoms with Gasteiger partial charge in [0.25, 0.3) is 0 Å². The van der Waals surface area contributed by atoms with Crippen molar-refractivity contribution in [3.63, 3.8) is 0 Å². The number of halogens is 1. The molecular weight excluding hydrogens is 240 g/mol. The third kappa shape index (κ3) is 1.95. The summed E-state index contributed by atoms with van der Waals surface area (Å²) in [5.41, 5.74) is 0.412. The molecule has 1 rings (SSSR count). The van der Waals surface area contributed by atoms with Crippen LogP contribution in [0.4, 0.5) is 0 Å². The Morgan fingerprint density at radius 3 is 2.62 bits per heavy atom. The van der Waals surface area contributed by atoms with Crippen LogP contribution < -0.4 is 0 Å². The summed E-state index contributed by atoms with van der Waals surface area (Å²) in [4.78, 5) is 21.5. The van der Waals surface area contributed by atoms with Crippen LogP contribution in [-0.2, 0) is 5.33 Å². The fourth-order valence-corrected chi connectivity index (χ4v) is 1.29. The molecule has 0 atom stereocenters. The molecule has 0 radical (unpaired) electrons. The lowest BCUT2D eigenvalue weighted by Crippen LogP contribution is -2.11. The molecule has 0 bridgehead atoms. The zero-order valence-electron chi connectivity index (χ0n) is 6.82. The maximum absolute atomic E-state index is 10.9. The Labute approximate surface area is 82.5 Å². The standard InChI is InChI=1S/C7H7BrN2O3/c1-4(11)10-5(3-8)2-6(9-10)7(12)13/h2H,3H2,1H3,(H,12,13). The van der Waals surface area contributed by atoms with Gasteiger partial charge in [-0.15, -0.1) is 0 Å². The summed E-state index contributed by atoms with van der Waals surface area (Å²) < 4.78 is 1.07. The van der Waals surface area contributed by atoms with Gasteiger partial charge in [0.15, 0.2) is 5.69 Å². The molecule has 0 saturated carbocycles. The largest absolute Gasteiger partial charge is 0.476 e. The minimum absolute atomic E-state index is 0.121. The van der Waals surface area contributed by atoms with E-state index >= 15 is 0 Å². The number of hydrogen-bond donors (Lipinski definition) is 1. The van der Waals surface area contributed by atoms with Crippen molar-refractivity contribution in [2.75, 3.05) is 0 Å². The monoisotopic (exact) mass is 246 g/mol. The van der Waals surface area contributed by atoms with E-state index in [-0.39, 0.29) is 11.6 Å². The highest BCUT2D eigenvalue weighted by Gasteiger charge is 2.14. The molecule has 5 nitrogen and oxygen atoms in total. The molecule has 0 aliphatic carbocycles. The van der Waals surface area contributed by atoms with Crippen LogP contribution in [0.3, 0.4) is 0 Å². The van der Waals surface area contributed by atoms with Crippen LogP contribution >= 0.6 is 15.9 Å². The molecule has 1 N–H and O–H groups in total. The van der Waals surface area contributed by atoms with Crippen LogP contribution in [0.2, 0.25) is 0 Å². The predicted octanol–water partition coefficient (Wildman–Crippen LogP) is 1.14. The average molecular weight is 247 g/mol. The summed E-state index contributed by atoms with van der Waals surface area (Å²) in [6.07, 6.45) is 0. The van der Waals surface area contributed by atoms with Crippen LogP contribution in [0.25, 0.3) is 0 Å². The second-order valence-corrected chi connectivity index (χ2v) is 2.95. The number of carbonyl (C=O) groups excluding carboxylic acids is 1. The molecule has 0 aromatic carbocycles. The van der Waals surface area contributed by atoms with Gasteiger partial charge in [-0.25, -0.2) is 9.48 Å². The number of aromatic carboxylic acids is 1. The molecular formula is C7H7BrN2O3. The maximum Gasteiger partial charge on any atom is 0.356 e. The quantitative estimate of drug-likeness (QED) is 0.795. The molecule has 0 amide bonds. The van der Waals surface area contributed by atoms with Crippen LogP contribution in [0.15, 0.2) is 6.07 Å².